The molecule has 0 aliphatic carbocycles. The van der Waals surface area contributed by atoms with Crippen LogP contribution < -0.4 is 9.47 Å². The summed E-state index contributed by atoms with van der Waals surface area (Å²) >= 11 is 1.02. The van der Waals surface area contributed by atoms with Gasteiger partial charge in [-0.3, -0.25) is 0 Å². The van der Waals surface area contributed by atoms with Crippen LogP contribution in [0.15, 0.2) is 0 Å². The molecule has 0 N–H and O–H groups in total. The minimum absolute atomic E-state index is 0.245. The van der Waals surface area contributed by atoms with E-state index in [2.05, 4.69) is 13.8 Å². The Kier molecular flexibility index (Phi) is 13.2. The average Bonchev–Trinajstić information content (AvgIpc) is 3.07. The highest BCUT2D eigenvalue weighted by Crippen LogP contribution is 2.43. The fourth-order valence-electron chi connectivity index (χ4n) is 2.73. The fourth-order valence-corrected chi connectivity index (χ4v) is 3.71. The molecule has 0 aromatic carbocycles. The summed E-state index contributed by atoms with van der Waals surface area (Å²) in [5, 5.41) is 0. The molecule has 0 aliphatic rings. The molecule has 166 valence electrons. The third-order valence-corrected chi connectivity index (χ3v) is 5.35. The molecule has 0 fully saturated rings. The summed E-state index contributed by atoms with van der Waals surface area (Å²) < 4.78 is 22.2. The van der Waals surface area contributed by atoms with Crippen molar-refractivity contribution < 1.29 is 28.5 Å². The van der Waals surface area contributed by atoms with Gasteiger partial charge < -0.3 is 18.9 Å². The Labute approximate surface area is 178 Å². The van der Waals surface area contributed by atoms with E-state index in [-0.39, 0.29) is 23.0 Å². The number of esters is 2. The highest BCUT2D eigenvalue weighted by Gasteiger charge is 2.31. The zero-order valence-corrected chi connectivity index (χ0v) is 19.2. The molecule has 0 radical (unpaired) electrons. The van der Waals surface area contributed by atoms with E-state index in [1.165, 1.54) is 0 Å². The van der Waals surface area contributed by atoms with Crippen molar-refractivity contribution in [2.24, 2.45) is 0 Å². The van der Waals surface area contributed by atoms with Crippen LogP contribution in [0.1, 0.15) is 98.4 Å². The van der Waals surface area contributed by atoms with Crippen LogP contribution in [0.25, 0.3) is 0 Å². The molecule has 0 saturated carbocycles. The predicted octanol–water partition coefficient (Wildman–Crippen LogP) is 6.02. The molecule has 0 saturated heterocycles. The second kappa shape index (κ2) is 15.1. The van der Waals surface area contributed by atoms with Crippen molar-refractivity contribution in [1.82, 2.24) is 0 Å². The van der Waals surface area contributed by atoms with Gasteiger partial charge in [-0.25, -0.2) is 9.59 Å². The molecule has 0 amide bonds. The average molecular weight is 429 g/mol. The predicted molar refractivity (Wildman–Crippen MR) is 116 cm³/mol. The lowest BCUT2D eigenvalue weighted by molar-refractivity contribution is 0.0516. The van der Waals surface area contributed by atoms with Crippen LogP contribution in [0.3, 0.4) is 0 Å². The van der Waals surface area contributed by atoms with Gasteiger partial charge in [-0.2, -0.15) is 0 Å². The minimum atomic E-state index is -0.507. The monoisotopic (exact) mass is 428 g/mol. The van der Waals surface area contributed by atoms with Crippen molar-refractivity contribution in [3.05, 3.63) is 9.75 Å². The Morgan fingerprint density at radius 1 is 0.655 bits per heavy atom. The zero-order chi connectivity index (χ0) is 21.5. The van der Waals surface area contributed by atoms with E-state index in [0.29, 0.717) is 24.7 Å². The summed E-state index contributed by atoms with van der Waals surface area (Å²) in [6, 6.07) is 0. The Balaban J connectivity index is 3.09. The molecule has 1 aromatic rings. The summed E-state index contributed by atoms with van der Waals surface area (Å²) in [6.07, 6.45) is 8.37. The Hall–Kier alpha value is -1.76. The van der Waals surface area contributed by atoms with Gasteiger partial charge in [0.1, 0.15) is 0 Å². The quantitative estimate of drug-likeness (QED) is 0.237. The normalized spacial score (nSPS) is 10.6. The lowest BCUT2D eigenvalue weighted by Gasteiger charge is -2.12. The minimum Gasteiger partial charge on any atom is -0.488 e. The number of hydrogen-bond acceptors (Lipinski definition) is 7. The molecule has 6 nitrogen and oxygen atoms in total. The second-order valence-corrected chi connectivity index (χ2v) is 7.70. The molecule has 1 aromatic heterocycles. The van der Waals surface area contributed by atoms with Crippen molar-refractivity contribution in [2.45, 2.75) is 79.1 Å². The maximum Gasteiger partial charge on any atom is 0.352 e. The van der Waals surface area contributed by atoms with Gasteiger partial charge in [0.05, 0.1) is 26.4 Å². The molecule has 29 heavy (non-hydrogen) atoms. The summed E-state index contributed by atoms with van der Waals surface area (Å²) in [5.74, 6) is -0.396. The van der Waals surface area contributed by atoms with E-state index in [9.17, 15) is 9.59 Å². The van der Waals surface area contributed by atoms with Crippen LogP contribution in [-0.4, -0.2) is 38.4 Å². The summed E-state index contributed by atoms with van der Waals surface area (Å²) in [4.78, 5) is 25.4. The molecular formula is C22H36O6S. The number of carbonyl (C=O) groups excluding carboxylic acids is 2. The van der Waals surface area contributed by atoms with E-state index in [1.54, 1.807) is 13.8 Å². The standard InChI is InChI=1S/C22H36O6S/c1-5-9-11-13-15-27-17-18(28-16-14-12-10-6-2)20(22(24)26-8-4)29-19(17)21(23)25-7-3/h5-16H2,1-4H3. The first kappa shape index (κ1) is 25.3. The zero-order valence-electron chi connectivity index (χ0n) is 18.3. The van der Waals surface area contributed by atoms with E-state index < -0.39 is 11.9 Å². The Morgan fingerprint density at radius 3 is 1.41 bits per heavy atom. The third kappa shape index (κ3) is 8.64. The second-order valence-electron chi connectivity index (χ2n) is 6.68. The molecule has 1 rings (SSSR count). The number of thiophene rings is 1. The first-order valence-corrected chi connectivity index (χ1v) is 11.7. The smallest absolute Gasteiger partial charge is 0.352 e. The van der Waals surface area contributed by atoms with Crippen molar-refractivity contribution in [2.75, 3.05) is 26.4 Å². The van der Waals surface area contributed by atoms with E-state index in [4.69, 9.17) is 18.9 Å². The van der Waals surface area contributed by atoms with Gasteiger partial charge in [-0.05, 0) is 26.7 Å². The van der Waals surface area contributed by atoms with Gasteiger partial charge >= 0.3 is 11.9 Å². The lowest BCUT2D eigenvalue weighted by Crippen LogP contribution is -2.08. The van der Waals surface area contributed by atoms with E-state index >= 15 is 0 Å². The third-order valence-electron chi connectivity index (χ3n) is 4.23. The van der Waals surface area contributed by atoms with Gasteiger partial charge in [-0.1, -0.05) is 52.4 Å². The van der Waals surface area contributed by atoms with Crippen LogP contribution in [0.5, 0.6) is 11.5 Å². The fraction of sp³-hybridized carbons (Fsp3) is 0.727. The number of rotatable bonds is 16. The summed E-state index contributed by atoms with van der Waals surface area (Å²) in [7, 11) is 0. The molecule has 0 aliphatic heterocycles. The molecule has 0 bridgehead atoms. The van der Waals surface area contributed by atoms with Crippen LogP contribution >= 0.6 is 11.3 Å². The Bertz CT molecular complexity index is 560. The molecule has 0 atom stereocenters. The molecule has 1 heterocycles. The lowest BCUT2D eigenvalue weighted by atomic mass is 10.2. The van der Waals surface area contributed by atoms with E-state index in [1.807, 2.05) is 0 Å². The van der Waals surface area contributed by atoms with Gasteiger partial charge in [-0.15, -0.1) is 11.3 Å². The number of unbranched alkanes of at least 4 members (excludes halogenated alkanes) is 6. The van der Waals surface area contributed by atoms with Crippen LogP contribution in [0.2, 0.25) is 0 Å². The van der Waals surface area contributed by atoms with Crippen molar-refractivity contribution in [3.63, 3.8) is 0 Å². The molecule has 0 unspecified atom stereocenters. The number of hydrogen-bond donors (Lipinski definition) is 0. The van der Waals surface area contributed by atoms with Crippen molar-refractivity contribution >= 4 is 23.3 Å². The highest BCUT2D eigenvalue weighted by molar-refractivity contribution is 7.16. The van der Waals surface area contributed by atoms with Gasteiger partial charge in [0.25, 0.3) is 0 Å². The van der Waals surface area contributed by atoms with Crippen LogP contribution in [-0.2, 0) is 9.47 Å². The SMILES string of the molecule is CCCCCCOc1c(C(=O)OCC)sc(C(=O)OCC)c1OCCCCCC. The molecule has 0 spiro atoms. The largest absolute Gasteiger partial charge is 0.488 e. The first-order chi connectivity index (χ1) is 14.1. The van der Waals surface area contributed by atoms with Gasteiger partial charge in [0.2, 0.25) is 0 Å². The molecular weight excluding hydrogens is 392 g/mol. The van der Waals surface area contributed by atoms with Crippen LogP contribution in [0, 0.1) is 0 Å². The topological polar surface area (TPSA) is 71.1 Å². The maximum atomic E-state index is 12.5. The van der Waals surface area contributed by atoms with Gasteiger partial charge in [0.15, 0.2) is 21.3 Å². The first-order valence-electron chi connectivity index (χ1n) is 10.9. The van der Waals surface area contributed by atoms with E-state index in [0.717, 1.165) is 62.7 Å². The Morgan fingerprint density at radius 2 is 1.07 bits per heavy atom. The summed E-state index contributed by atoms with van der Waals surface area (Å²) in [6.45, 7) is 9.18. The van der Waals surface area contributed by atoms with Gasteiger partial charge in [0, 0.05) is 0 Å². The van der Waals surface area contributed by atoms with Crippen LogP contribution in [0.4, 0.5) is 0 Å². The number of ether oxygens (including phenoxy) is 4. The van der Waals surface area contributed by atoms with Crippen molar-refractivity contribution in [1.29, 1.82) is 0 Å². The number of carbonyl (C=O) groups is 2. The summed E-state index contributed by atoms with van der Waals surface area (Å²) in [5.41, 5.74) is 0. The maximum absolute atomic E-state index is 12.5. The van der Waals surface area contributed by atoms with Crippen molar-refractivity contribution in [3.8, 4) is 11.5 Å². The molecule has 7 heteroatoms. The highest BCUT2D eigenvalue weighted by atomic mass is 32.1.